The fraction of sp³-hybridized carbons (Fsp3) is 0.281. The Kier molecular flexibility index (Phi) is 11.4. The summed E-state index contributed by atoms with van der Waals surface area (Å²) in [7, 11) is -3.21. The van der Waals surface area contributed by atoms with Gasteiger partial charge in [0, 0.05) is 23.8 Å². The molecular formula is C32H34O8S. The second-order valence-corrected chi connectivity index (χ2v) is 11.5. The van der Waals surface area contributed by atoms with Gasteiger partial charge in [-0.3, -0.25) is 9.59 Å². The number of unbranched alkanes of at least 4 members (excludes halogenated alkanes) is 2. The molecule has 3 aromatic carbocycles. The van der Waals surface area contributed by atoms with Crippen LogP contribution in [0.5, 0.6) is 5.75 Å². The minimum Gasteiger partial charge on any atom is -0.493 e. The predicted molar refractivity (Wildman–Crippen MR) is 156 cm³/mol. The van der Waals surface area contributed by atoms with Gasteiger partial charge in [-0.1, -0.05) is 36.4 Å². The third-order valence-electron chi connectivity index (χ3n) is 6.21. The lowest BCUT2D eigenvalue weighted by molar-refractivity contribution is -0.136. The molecule has 41 heavy (non-hydrogen) atoms. The highest BCUT2D eigenvalue weighted by molar-refractivity contribution is 7.90. The summed E-state index contributed by atoms with van der Waals surface area (Å²) in [4.78, 5) is 36.7. The van der Waals surface area contributed by atoms with Crippen molar-refractivity contribution < 1.29 is 37.4 Å². The normalized spacial score (nSPS) is 11.4. The fourth-order valence-corrected chi connectivity index (χ4v) is 4.69. The zero-order valence-corrected chi connectivity index (χ0v) is 24.0. The molecule has 3 rings (SSSR count). The number of esters is 1. The molecule has 0 amide bonds. The largest absolute Gasteiger partial charge is 0.493 e. The summed E-state index contributed by atoms with van der Waals surface area (Å²) in [5.41, 5.74) is 2.51. The van der Waals surface area contributed by atoms with Crippen LogP contribution in [0, 0.1) is 0 Å². The van der Waals surface area contributed by atoms with Crippen LogP contribution in [0.15, 0.2) is 77.7 Å². The second-order valence-electron chi connectivity index (χ2n) is 9.43. The van der Waals surface area contributed by atoms with E-state index < -0.39 is 21.8 Å². The Bertz CT molecular complexity index is 1500. The molecule has 0 heterocycles. The van der Waals surface area contributed by atoms with E-state index in [2.05, 4.69) is 0 Å². The van der Waals surface area contributed by atoms with Crippen LogP contribution >= 0.6 is 0 Å². The van der Waals surface area contributed by atoms with Crippen LogP contribution in [0.3, 0.4) is 0 Å². The molecule has 0 spiro atoms. The van der Waals surface area contributed by atoms with Gasteiger partial charge in [-0.15, -0.1) is 0 Å². The Morgan fingerprint density at radius 3 is 2.29 bits per heavy atom. The van der Waals surface area contributed by atoms with Gasteiger partial charge in [0.2, 0.25) is 0 Å². The van der Waals surface area contributed by atoms with Crippen molar-refractivity contribution in [3.63, 3.8) is 0 Å². The van der Waals surface area contributed by atoms with Crippen molar-refractivity contribution >= 4 is 33.6 Å². The molecule has 0 aliphatic carbocycles. The van der Waals surface area contributed by atoms with Crippen LogP contribution in [0.2, 0.25) is 0 Å². The SMILES string of the molecule is CCOC(=O)c1cccc(C(=O)c2ccc(OCCCCC=Cc3ccc(S(C)(=O)=O)cc3)c(CCC(=O)O)c2)c1. The molecule has 3 aromatic rings. The van der Waals surface area contributed by atoms with Crippen LogP contribution in [0.25, 0.3) is 6.08 Å². The van der Waals surface area contributed by atoms with E-state index in [1.807, 2.05) is 12.2 Å². The van der Waals surface area contributed by atoms with Crippen LogP contribution in [0.4, 0.5) is 0 Å². The molecule has 0 atom stereocenters. The van der Waals surface area contributed by atoms with Gasteiger partial charge in [0.15, 0.2) is 15.6 Å². The Hall–Kier alpha value is -4.24. The molecule has 9 heteroatoms. The molecule has 0 fully saturated rings. The van der Waals surface area contributed by atoms with Gasteiger partial charge in [-0.05, 0) is 86.2 Å². The third-order valence-corrected chi connectivity index (χ3v) is 7.34. The molecular weight excluding hydrogens is 544 g/mol. The van der Waals surface area contributed by atoms with Gasteiger partial charge in [-0.2, -0.15) is 0 Å². The number of benzene rings is 3. The van der Waals surface area contributed by atoms with Crippen LogP contribution in [0.1, 0.15) is 70.0 Å². The maximum absolute atomic E-state index is 13.2. The number of carboxylic acid groups (broad SMARTS) is 1. The molecule has 0 aromatic heterocycles. The number of hydrogen-bond donors (Lipinski definition) is 1. The molecule has 0 unspecified atom stereocenters. The third kappa shape index (κ3) is 9.72. The molecule has 1 N–H and O–H groups in total. The van der Waals surface area contributed by atoms with Crippen molar-refractivity contribution in [2.75, 3.05) is 19.5 Å². The minimum atomic E-state index is -3.21. The van der Waals surface area contributed by atoms with Gasteiger partial charge < -0.3 is 14.6 Å². The molecule has 216 valence electrons. The first-order valence-corrected chi connectivity index (χ1v) is 15.2. The van der Waals surface area contributed by atoms with Crippen LogP contribution < -0.4 is 4.74 Å². The van der Waals surface area contributed by atoms with Gasteiger partial charge in [0.1, 0.15) is 5.75 Å². The Balaban J connectivity index is 1.59. The first-order valence-electron chi connectivity index (χ1n) is 13.3. The lowest BCUT2D eigenvalue weighted by atomic mass is 9.98. The van der Waals surface area contributed by atoms with E-state index in [9.17, 15) is 27.9 Å². The van der Waals surface area contributed by atoms with Crippen LogP contribution in [-0.2, 0) is 25.8 Å². The summed E-state index contributed by atoms with van der Waals surface area (Å²) in [6.07, 6.45) is 7.66. The molecule has 0 bridgehead atoms. The quantitative estimate of drug-likeness (QED) is 0.137. The highest BCUT2D eigenvalue weighted by Crippen LogP contribution is 2.24. The van der Waals surface area contributed by atoms with Gasteiger partial charge in [-0.25, -0.2) is 13.2 Å². The monoisotopic (exact) mass is 578 g/mol. The van der Waals surface area contributed by atoms with Crippen molar-refractivity contribution in [3.05, 3.63) is 101 Å². The number of rotatable bonds is 15. The van der Waals surface area contributed by atoms with Crippen LogP contribution in [-0.4, -0.2) is 50.7 Å². The first kappa shape index (κ1) is 31.3. The number of sulfone groups is 1. The van der Waals surface area contributed by atoms with E-state index >= 15 is 0 Å². The Morgan fingerprint density at radius 1 is 0.902 bits per heavy atom. The van der Waals surface area contributed by atoms with E-state index in [1.165, 1.54) is 12.3 Å². The van der Waals surface area contributed by atoms with Crippen molar-refractivity contribution in [2.24, 2.45) is 0 Å². The maximum atomic E-state index is 13.2. The zero-order valence-electron chi connectivity index (χ0n) is 23.2. The number of carboxylic acids is 1. The molecule has 0 saturated carbocycles. The molecule has 0 saturated heterocycles. The van der Waals surface area contributed by atoms with E-state index in [0.29, 0.717) is 29.0 Å². The highest BCUT2D eigenvalue weighted by atomic mass is 32.2. The molecule has 0 radical (unpaired) electrons. The minimum absolute atomic E-state index is 0.109. The summed E-state index contributed by atoms with van der Waals surface area (Å²) >= 11 is 0. The molecule has 8 nitrogen and oxygen atoms in total. The number of allylic oxidation sites excluding steroid dienone is 1. The topological polar surface area (TPSA) is 124 Å². The summed E-state index contributed by atoms with van der Waals surface area (Å²) in [5.74, 6) is -1.22. The summed E-state index contributed by atoms with van der Waals surface area (Å²) in [5, 5.41) is 9.19. The van der Waals surface area contributed by atoms with E-state index in [0.717, 1.165) is 24.8 Å². The second kappa shape index (κ2) is 14.9. The average molecular weight is 579 g/mol. The van der Waals surface area contributed by atoms with E-state index in [-0.39, 0.29) is 35.7 Å². The summed E-state index contributed by atoms with van der Waals surface area (Å²) in [6.45, 7) is 2.36. The predicted octanol–water partition coefficient (Wildman–Crippen LogP) is 5.78. The van der Waals surface area contributed by atoms with E-state index in [1.54, 1.807) is 67.6 Å². The zero-order chi connectivity index (χ0) is 29.8. The van der Waals surface area contributed by atoms with E-state index in [4.69, 9.17) is 9.47 Å². The van der Waals surface area contributed by atoms with Crippen molar-refractivity contribution in [3.8, 4) is 5.75 Å². The number of carbonyl (C=O) groups excluding carboxylic acids is 2. The maximum Gasteiger partial charge on any atom is 0.338 e. The van der Waals surface area contributed by atoms with Gasteiger partial charge in [0.05, 0.1) is 23.7 Å². The lowest BCUT2D eigenvalue weighted by Crippen LogP contribution is -2.09. The van der Waals surface area contributed by atoms with Crippen molar-refractivity contribution in [1.82, 2.24) is 0 Å². The number of carbonyl (C=O) groups is 3. The van der Waals surface area contributed by atoms with Gasteiger partial charge >= 0.3 is 11.9 Å². The lowest BCUT2D eigenvalue weighted by Gasteiger charge is -2.13. The summed E-state index contributed by atoms with van der Waals surface area (Å²) < 4.78 is 34.1. The fourth-order valence-electron chi connectivity index (χ4n) is 4.06. The first-order chi connectivity index (χ1) is 19.6. The standard InChI is InChI=1S/C32H34O8S/c1-3-39-32(36)27-11-8-10-25(22-27)31(35)26-14-18-29(24(21-26)15-19-30(33)34)40-20-7-5-4-6-9-23-12-16-28(17-13-23)41(2,37)38/h6,8-14,16-18,21-22H,3-5,7,15,19-20H2,1-2H3,(H,33,34). The smallest absolute Gasteiger partial charge is 0.338 e. The molecule has 0 aliphatic heterocycles. The van der Waals surface area contributed by atoms with Crippen molar-refractivity contribution in [1.29, 1.82) is 0 Å². The number of ketones is 1. The number of aliphatic carboxylic acids is 1. The molecule has 0 aliphatic rings. The van der Waals surface area contributed by atoms with Crippen molar-refractivity contribution in [2.45, 2.75) is 43.9 Å². The number of ether oxygens (including phenoxy) is 2. The summed E-state index contributed by atoms with van der Waals surface area (Å²) in [6, 6.07) is 18.0. The average Bonchev–Trinajstić information content (AvgIpc) is 2.95. The Labute approximate surface area is 240 Å². The Morgan fingerprint density at radius 2 is 1.61 bits per heavy atom. The van der Waals surface area contributed by atoms with Gasteiger partial charge in [0.25, 0.3) is 0 Å². The number of aryl methyl sites for hydroxylation is 1. The number of hydrogen-bond acceptors (Lipinski definition) is 7. The highest BCUT2D eigenvalue weighted by Gasteiger charge is 2.16.